The van der Waals surface area contributed by atoms with E-state index in [9.17, 15) is 0 Å². The molecular weight excluding hydrogens is 156 g/mol. The molecule has 0 bridgehead atoms. The molecule has 0 aromatic carbocycles. The van der Waals surface area contributed by atoms with E-state index < -0.39 is 0 Å². The summed E-state index contributed by atoms with van der Waals surface area (Å²) >= 11 is 0. The largest absolute Gasteiger partial charge is 0.0630 e. The van der Waals surface area contributed by atoms with Gasteiger partial charge in [-0.1, -0.05) is 25.0 Å². The van der Waals surface area contributed by atoms with Crippen molar-refractivity contribution in [2.24, 2.45) is 11.8 Å². The van der Waals surface area contributed by atoms with Crippen LogP contribution in [0.1, 0.15) is 48.0 Å². The van der Waals surface area contributed by atoms with Crippen molar-refractivity contribution >= 4 is 0 Å². The molecule has 0 nitrogen and oxygen atoms in total. The molecule has 1 rings (SSSR count). The second-order valence-corrected chi connectivity index (χ2v) is 4.80. The normalized spacial score (nSPS) is 19.6. The minimum Gasteiger partial charge on any atom is -0.0630 e. The van der Waals surface area contributed by atoms with E-state index in [1.54, 1.807) is 11.1 Å². The van der Waals surface area contributed by atoms with Gasteiger partial charge in [0.05, 0.1) is 0 Å². The Hall–Kier alpha value is -0.520. The van der Waals surface area contributed by atoms with Gasteiger partial charge in [0, 0.05) is 5.92 Å². The Bertz CT molecular complexity index is 240. The highest BCUT2D eigenvalue weighted by Gasteiger charge is 2.24. The van der Waals surface area contributed by atoms with E-state index in [0.717, 1.165) is 11.8 Å². The molecule has 0 atom stereocenters. The number of rotatable bonds is 2. The molecule has 0 heterocycles. The minimum absolute atomic E-state index is 0.736. The molecule has 0 aromatic heterocycles. The topological polar surface area (TPSA) is 0 Å². The zero-order valence-electron chi connectivity index (χ0n) is 9.86. The van der Waals surface area contributed by atoms with Crippen LogP contribution in [0.25, 0.3) is 0 Å². The van der Waals surface area contributed by atoms with Crippen LogP contribution in [0.15, 0.2) is 22.3 Å². The zero-order chi connectivity index (χ0) is 10.2. The van der Waals surface area contributed by atoms with Crippen LogP contribution < -0.4 is 0 Å². The van der Waals surface area contributed by atoms with E-state index in [2.05, 4.69) is 41.5 Å². The SMILES string of the molecule is CC1=C(C)C(CC(C)C)C(C)=C1C. The van der Waals surface area contributed by atoms with Crippen LogP contribution in [0.2, 0.25) is 0 Å². The Morgan fingerprint density at radius 2 is 1.31 bits per heavy atom. The fraction of sp³-hybridized carbons (Fsp3) is 0.692. The van der Waals surface area contributed by atoms with Crippen LogP contribution in [0.5, 0.6) is 0 Å². The van der Waals surface area contributed by atoms with Crippen molar-refractivity contribution in [3.05, 3.63) is 22.3 Å². The van der Waals surface area contributed by atoms with Gasteiger partial charge in [-0.25, -0.2) is 0 Å². The summed E-state index contributed by atoms with van der Waals surface area (Å²) in [5, 5.41) is 0. The van der Waals surface area contributed by atoms with E-state index in [4.69, 9.17) is 0 Å². The summed E-state index contributed by atoms with van der Waals surface area (Å²) in [6, 6.07) is 0. The van der Waals surface area contributed by atoms with E-state index in [1.807, 2.05) is 0 Å². The van der Waals surface area contributed by atoms with Gasteiger partial charge in [0.1, 0.15) is 0 Å². The van der Waals surface area contributed by atoms with E-state index >= 15 is 0 Å². The lowest BCUT2D eigenvalue weighted by molar-refractivity contribution is 0.505. The first kappa shape index (κ1) is 10.6. The number of allylic oxidation sites excluding steroid dienone is 4. The van der Waals surface area contributed by atoms with E-state index in [-0.39, 0.29) is 0 Å². The average molecular weight is 178 g/mol. The highest BCUT2D eigenvalue weighted by Crippen LogP contribution is 2.39. The van der Waals surface area contributed by atoms with E-state index in [1.165, 1.54) is 17.6 Å². The summed E-state index contributed by atoms with van der Waals surface area (Å²) in [4.78, 5) is 0. The molecule has 0 heteroatoms. The maximum Gasteiger partial charge on any atom is 0.00155 e. The highest BCUT2D eigenvalue weighted by molar-refractivity contribution is 5.46. The van der Waals surface area contributed by atoms with Crippen molar-refractivity contribution in [1.82, 2.24) is 0 Å². The molecule has 74 valence electrons. The van der Waals surface area contributed by atoms with Crippen LogP contribution in [0.3, 0.4) is 0 Å². The molecule has 0 radical (unpaired) electrons. The van der Waals surface area contributed by atoms with Gasteiger partial charge in [-0.15, -0.1) is 0 Å². The summed E-state index contributed by atoms with van der Waals surface area (Å²) in [6.07, 6.45) is 1.31. The van der Waals surface area contributed by atoms with Crippen LogP contribution >= 0.6 is 0 Å². The molecule has 13 heavy (non-hydrogen) atoms. The summed E-state index contributed by atoms with van der Waals surface area (Å²) in [5.74, 6) is 1.54. The molecule has 1 aliphatic rings. The number of hydrogen-bond donors (Lipinski definition) is 0. The van der Waals surface area contributed by atoms with Crippen LogP contribution in [0.4, 0.5) is 0 Å². The van der Waals surface area contributed by atoms with Crippen LogP contribution in [-0.4, -0.2) is 0 Å². The Labute approximate surface area is 82.7 Å². The van der Waals surface area contributed by atoms with Gasteiger partial charge in [-0.3, -0.25) is 0 Å². The first-order valence-electron chi connectivity index (χ1n) is 5.30. The summed E-state index contributed by atoms with van der Waals surface area (Å²) in [6.45, 7) is 13.7. The highest BCUT2D eigenvalue weighted by atomic mass is 14.3. The monoisotopic (exact) mass is 178 g/mol. The summed E-state index contributed by atoms with van der Waals surface area (Å²) in [7, 11) is 0. The predicted molar refractivity (Wildman–Crippen MR) is 59.7 cm³/mol. The van der Waals surface area contributed by atoms with Crippen molar-refractivity contribution in [3.8, 4) is 0 Å². The summed E-state index contributed by atoms with van der Waals surface area (Å²) in [5.41, 5.74) is 6.26. The van der Waals surface area contributed by atoms with Gasteiger partial charge in [0.15, 0.2) is 0 Å². The molecule has 0 aromatic rings. The van der Waals surface area contributed by atoms with Crippen LogP contribution in [0, 0.1) is 11.8 Å². The smallest absolute Gasteiger partial charge is 0.00155 e. The molecule has 0 N–H and O–H groups in total. The third kappa shape index (κ3) is 1.87. The van der Waals surface area contributed by atoms with Crippen molar-refractivity contribution < 1.29 is 0 Å². The molecule has 0 amide bonds. The van der Waals surface area contributed by atoms with Gasteiger partial charge >= 0.3 is 0 Å². The lowest BCUT2D eigenvalue weighted by Gasteiger charge is -2.17. The fourth-order valence-electron chi connectivity index (χ4n) is 2.26. The van der Waals surface area contributed by atoms with Gasteiger partial charge in [-0.2, -0.15) is 0 Å². The maximum atomic E-state index is 2.31. The lowest BCUT2D eigenvalue weighted by atomic mass is 9.88. The van der Waals surface area contributed by atoms with Crippen molar-refractivity contribution in [3.63, 3.8) is 0 Å². The molecule has 0 unspecified atom stereocenters. The van der Waals surface area contributed by atoms with Crippen molar-refractivity contribution in [2.45, 2.75) is 48.0 Å². The minimum atomic E-state index is 0.736. The first-order chi connectivity index (χ1) is 5.95. The lowest BCUT2D eigenvalue weighted by Crippen LogP contribution is -2.04. The first-order valence-corrected chi connectivity index (χ1v) is 5.30. The molecule has 0 saturated carbocycles. The third-order valence-electron chi connectivity index (χ3n) is 3.50. The van der Waals surface area contributed by atoms with Gasteiger partial charge in [0.2, 0.25) is 0 Å². The Morgan fingerprint density at radius 3 is 1.62 bits per heavy atom. The van der Waals surface area contributed by atoms with Gasteiger partial charge in [0.25, 0.3) is 0 Å². The molecular formula is C13H22. The summed E-state index contributed by atoms with van der Waals surface area (Å²) < 4.78 is 0. The van der Waals surface area contributed by atoms with E-state index in [0.29, 0.717) is 0 Å². The van der Waals surface area contributed by atoms with Gasteiger partial charge in [-0.05, 0) is 51.2 Å². The average Bonchev–Trinajstić information content (AvgIpc) is 2.22. The number of hydrogen-bond acceptors (Lipinski definition) is 0. The second-order valence-electron chi connectivity index (χ2n) is 4.80. The standard InChI is InChI=1S/C13H22/c1-8(2)7-13-11(5)9(3)10(4)12(13)6/h8,13H,7H2,1-6H3. The second kappa shape index (κ2) is 3.69. The quantitative estimate of drug-likeness (QED) is 0.590. The molecule has 0 saturated heterocycles. The molecule has 0 spiro atoms. The van der Waals surface area contributed by atoms with Gasteiger partial charge < -0.3 is 0 Å². The van der Waals surface area contributed by atoms with Crippen molar-refractivity contribution in [1.29, 1.82) is 0 Å². The Kier molecular flexibility index (Phi) is 3.00. The Balaban J connectivity index is 2.89. The molecule has 0 aliphatic heterocycles. The predicted octanol–water partition coefficient (Wildman–Crippen LogP) is 4.34. The van der Waals surface area contributed by atoms with Crippen LogP contribution in [-0.2, 0) is 0 Å². The Morgan fingerprint density at radius 1 is 0.923 bits per heavy atom. The maximum absolute atomic E-state index is 2.31. The molecule has 1 aliphatic carbocycles. The van der Waals surface area contributed by atoms with Crippen molar-refractivity contribution in [2.75, 3.05) is 0 Å². The molecule has 0 fully saturated rings. The zero-order valence-corrected chi connectivity index (χ0v) is 9.86. The third-order valence-corrected chi connectivity index (χ3v) is 3.50. The fourth-order valence-corrected chi connectivity index (χ4v) is 2.26.